The summed E-state index contributed by atoms with van der Waals surface area (Å²) < 4.78 is 11.0. The molecule has 280 valence electrons. The number of pyridine rings is 1. The molecule has 0 radical (unpaired) electrons. The molecule has 6 heteroatoms. The average molecular weight is 776 g/mol. The number of nitrogens with zero attached hydrogens (tertiary/aromatic N) is 5. The molecule has 0 bridgehead atoms. The minimum Gasteiger partial charge on any atom is -0.456 e. The van der Waals surface area contributed by atoms with Gasteiger partial charge in [0.15, 0.2) is 0 Å². The molecule has 0 aliphatic rings. The molecular formula is C55H29N5O. The second-order valence-corrected chi connectivity index (χ2v) is 15.6. The van der Waals surface area contributed by atoms with Crippen LogP contribution in [0.15, 0.2) is 181 Å². The lowest BCUT2D eigenvalue weighted by atomic mass is 9.88. The average Bonchev–Trinajstić information content (AvgIpc) is 3.99. The van der Waals surface area contributed by atoms with Crippen LogP contribution in [0.2, 0.25) is 0 Å². The Labute approximate surface area is 348 Å². The topological polar surface area (TPSA) is 64.0 Å². The molecule has 0 amide bonds. The predicted octanol–water partition coefficient (Wildman–Crippen LogP) is 14.7. The van der Waals surface area contributed by atoms with E-state index in [0.29, 0.717) is 28.2 Å². The second-order valence-electron chi connectivity index (χ2n) is 15.6. The minimum atomic E-state index is 0.390. The largest absolute Gasteiger partial charge is 0.456 e. The fraction of sp³-hybridized carbons (Fsp3) is 0. The summed E-state index contributed by atoms with van der Waals surface area (Å²) in [5, 5.41) is 22.5. The number of furan rings is 1. The van der Waals surface area contributed by atoms with Crippen LogP contribution >= 0.6 is 0 Å². The Kier molecular flexibility index (Phi) is 6.76. The summed E-state index contributed by atoms with van der Waals surface area (Å²) in [6, 6.07) is 58.6. The van der Waals surface area contributed by atoms with Crippen molar-refractivity contribution >= 4 is 92.8 Å². The van der Waals surface area contributed by atoms with Crippen molar-refractivity contribution in [1.29, 1.82) is 5.26 Å². The molecule has 0 atom stereocenters. The Hall–Kier alpha value is -8.71. The molecule has 0 saturated heterocycles. The highest BCUT2D eigenvalue weighted by Gasteiger charge is 2.32. The SMILES string of the molecule is [C-]#[N+]c1c(-c2ccccc2)c(C#N)c(-n2c3ccccc3c3c4c(ccc32)oc2ccccc24)c(-c2ccccc2)c1-n1c2cccc3c4ccccc4c4cncc1c4c32. The maximum absolute atomic E-state index is 11.7. The van der Waals surface area contributed by atoms with E-state index >= 15 is 0 Å². The molecule has 0 aliphatic heterocycles. The molecule has 0 unspecified atom stereocenters. The minimum absolute atomic E-state index is 0.390. The number of hydrogen-bond donors (Lipinski definition) is 0. The highest BCUT2D eigenvalue weighted by molar-refractivity contribution is 6.34. The zero-order chi connectivity index (χ0) is 40.3. The van der Waals surface area contributed by atoms with Crippen molar-refractivity contribution in [2.24, 2.45) is 0 Å². The van der Waals surface area contributed by atoms with Gasteiger partial charge in [-0.3, -0.25) is 4.98 Å². The van der Waals surface area contributed by atoms with E-state index < -0.39 is 0 Å². The van der Waals surface area contributed by atoms with Gasteiger partial charge in [0, 0.05) is 55.0 Å². The quantitative estimate of drug-likeness (QED) is 0.132. The molecule has 0 N–H and O–H groups in total. The van der Waals surface area contributed by atoms with Gasteiger partial charge in [-0.2, -0.15) is 5.26 Å². The lowest BCUT2D eigenvalue weighted by molar-refractivity contribution is 0.669. The maximum atomic E-state index is 11.7. The Balaban J connectivity index is 1.32. The lowest BCUT2D eigenvalue weighted by Gasteiger charge is -2.25. The van der Waals surface area contributed by atoms with Crippen LogP contribution in [0.3, 0.4) is 0 Å². The summed E-state index contributed by atoms with van der Waals surface area (Å²) in [7, 11) is 0. The second kappa shape index (κ2) is 12.4. The Morgan fingerprint density at radius 2 is 1.03 bits per heavy atom. The van der Waals surface area contributed by atoms with Gasteiger partial charge in [-0.25, -0.2) is 4.85 Å². The van der Waals surface area contributed by atoms with Crippen molar-refractivity contribution in [2.45, 2.75) is 0 Å². The third-order valence-corrected chi connectivity index (χ3v) is 12.6. The van der Waals surface area contributed by atoms with E-state index in [1.165, 1.54) is 0 Å². The Morgan fingerprint density at radius 1 is 0.459 bits per heavy atom. The van der Waals surface area contributed by atoms with Gasteiger partial charge in [-0.15, -0.1) is 0 Å². The molecule has 4 heterocycles. The summed E-state index contributed by atoms with van der Waals surface area (Å²) in [5.74, 6) is 0. The molecule has 61 heavy (non-hydrogen) atoms. The normalized spacial score (nSPS) is 11.9. The van der Waals surface area contributed by atoms with Crippen LogP contribution in [-0.4, -0.2) is 14.1 Å². The first-order chi connectivity index (χ1) is 30.2. The molecular weight excluding hydrogens is 747 g/mol. The first kappa shape index (κ1) is 33.3. The van der Waals surface area contributed by atoms with Crippen LogP contribution < -0.4 is 0 Å². The summed E-state index contributed by atoms with van der Waals surface area (Å²) in [6.45, 7) is 9.15. The molecule has 0 aliphatic carbocycles. The third-order valence-electron chi connectivity index (χ3n) is 12.6. The van der Waals surface area contributed by atoms with Gasteiger partial charge in [0.1, 0.15) is 17.2 Å². The lowest BCUT2D eigenvalue weighted by Crippen LogP contribution is -2.08. The Morgan fingerprint density at radius 3 is 1.79 bits per heavy atom. The molecule has 13 rings (SSSR count). The van der Waals surface area contributed by atoms with Crippen LogP contribution in [0.4, 0.5) is 5.69 Å². The van der Waals surface area contributed by atoms with Crippen molar-refractivity contribution < 1.29 is 4.42 Å². The molecule has 6 nitrogen and oxygen atoms in total. The van der Waals surface area contributed by atoms with Gasteiger partial charge in [-0.1, -0.05) is 133 Å². The first-order valence-electron chi connectivity index (χ1n) is 20.2. The van der Waals surface area contributed by atoms with Gasteiger partial charge in [0.25, 0.3) is 0 Å². The van der Waals surface area contributed by atoms with E-state index in [9.17, 15) is 5.26 Å². The summed E-state index contributed by atoms with van der Waals surface area (Å²) in [6.07, 6.45) is 3.90. The first-order valence-corrected chi connectivity index (χ1v) is 20.2. The zero-order valence-corrected chi connectivity index (χ0v) is 32.4. The molecule has 0 fully saturated rings. The van der Waals surface area contributed by atoms with E-state index in [2.05, 4.69) is 111 Å². The zero-order valence-electron chi connectivity index (χ0n) is 32.4. The van der Waals surface area contributed by atoms with Crippen LogP contribution in [0.5, 0.6) is 0 Å². The monoisotopic (exact) mass is 775 g/mol. The van der Waals surface area contributed by atoms with Crippen LogP contribution in [0.25, 0.3) is 126 Å². The van der Waals surface area contributed by atoms with Crippen molar-refractivity contribution in [3.8, 4) is 39.7 Å². The molecule has 0 spiro atoms. The molecule has 13 aromatic rings. The maximum Gasteiger partial charge on any atom is 0.220 e. The number of hydrogen-bond acceptors (Lipinski definition) is 3. The van der Waals surface area contributed by atoms with Gasteiger partial charge in [0.2, 0.25) is 5.69 Å². The fourth-order valence-corrected chi connectivity index (χ4v) is 10.3. The van der Waals surface area contributed by atoms with Crippen molar-refractivity contribution in [3.05, 3.63) is 193 Å². The highest BCUT2D eigenvalue weighted by Crippen LogP contribution is 2.54. The van der Waals surface area contributed by atoms with Crippen LogP contribution in [-0.2, 0) is 0 Å². The van der Waals surface area contributed by atoms with Crippen molar-refractivity contribution in [2.75, 3.05) is 0 Å². The summed E-state index contributed by atoms with van der Waals surface area (Å²) in [5.41, 5.74) is 10.5. The third kappa shape index (κ3) is 4.35. The molecule has 9 aromatic carbocycles. The smallest absolute Gasteiger partial charge is 0.220 e. The summed E-state index contributed by atoms with van der Waals surface area (Å²) >= 11 is 0. The van der Waals surface area contributed by atoms with Gasteiger partial charge in [0.05, 0.1) is 51.8 Å². The summed E-state index contributed by atoms with van der Waals surface area (Å²) in [4.78, 5) is 9.37. The van der Waals surface area contributed by atoms with E-state index in [1.807, 2.05) is 85.2 Å². The van der Waals surface area contributed by atoms with Crippen LogP contribution in [0, 0.1) is 17.9 Å². The number of para-hydroxylation sites is 2. The number of nitriles is 1. The predicted molar refractivity (Wildman–Crippen MR) is 248 cm³/mol. The van der Waals surface area contributed by atoms with E-state index in [-0.39, 0.29) is 0 Å². The number of rotatable bonds is 4. The number of benzene rings is 9. The Bertz CT molecular complexity index is 3980. The van der Waals surface area contributed by atoms with Gasteiger partial charge < -0.3 is 13.6 Å². The fourth-order valence-electron chi connectivity index (χ4n) is 10.3. The van der Waals surface area contributed by atoms with E-state index in [1.54, 1.807) is 0 Å². The van der Waals surface area contributed by atoms with E-state index in [4.69, 9.17) is 16.0 Å². The van der Waals surface area contributed by atoms with E-state index in [0.717, 1.165) is 104 Å². The van der Waals surface area contributed by atoms with Gasteiger partial charge >= 0.3 is 0 Å². The standard InChI is InChI=1S/C55H29N5O/c1-57-53-47(32-15-4-2-5-16-32)39(29-56)54(59-41-24-12-10-21-37(41)50-43(59)27-28-46-52(50)38-22-11-13-26-45(38)61-46)48(33-17-6-3-7-18-33)55(53)60-42-25-14-23-36-34-19-8-9-20-35(34)40-30-58-31-44(60)51(40)49(36)42/h2-28,30-31H. The number of fused-ring (bicyclic) bond motifs is 10. The molecule has 4 aromatic heterocycles. The van der Waals surface area contributed by atoms with Crippen molar-refractivity contribution in [3.63, 3.8) is 0 Å². The van der Waals surface area contributed by atoms with Gasteiger partial charge in [-0.05, 0) is 57.6 Å². The van der Waals surface area contributed by atoms with Crippen LogP contribution in [0.1, 0.15) is 5.56 Å². The molecule has 0 saturated carbocycles. The number of aromatic nitrogens is 3. The van der Waals surface area contributed by atoms with Crippen molar-refractivity contribution in [1.82, 2.24) is 14.1 Å². The highest BCUT2D eigenvalue weighted by atomic mass is 16.3.